The highest BCUT2D eigenvalue weighted by atomic mass is 35.5. The quantitative estimate of drug-likeness (QED) is 0.878. The fourth-order valence-corrected chi connectivity index (χ4v) is 2.67. The predicted molar refractivity (Wildman–Crippen MR) is 81.5 cm³/mol. The number of ether oxygens (including phenoxy) is 1. The first-order chi connectivity index (χ1) is 9.69. The maximum Gasteiger partial charge on any atom is 0.224 e. The van der Waals surface area contributed by atoms with Gasteiger partial charge in [0.1, 0.15) is 5.75 Å². The van der Waals surface area contributed by atoms with Gasteiger partial charge in [-0.3, -0.25) is 4.79 Å². The molecule has 1 aromatic carbocycles. The highest BCUT2D eigenvalue weighted by Gasteiger charge is 2.15. The van der Waals surface area contributed by atoms with Crippen molar-refractivity contribution in [3.05, 3.63) is 23.2 Å². The van der Waals surface area contributed by atoms with E-state index in [-0.39, 0.29) is 5.91 Å². The number of piperidine rings is 1. The number of carbonyl (C=O) groups is 1. The van der Waals surface area contributed by atoms with Crippen LogP contribution in [0.5, 0.6) is 5.75 Å². The van der Waals surface area contributed by atoms with Gasteiger partial charge in [0, 0.05) is 11.4 Å². The topological polar surface area (TPSA) is 50.4 Å². The summed E-state index contributed by atoms with van der Waals surface area (Å²) in [5.41, 5.74) is 0.635. The first kappa shape index (κ1) is 15.1. The fraction of sp³-hybridized carbons (Fsp3) is 0.533. The molecule has 0 bridgehead atoms. The Labute approximate surface area is 124 Å². The Kier molecular flexibility index (Phi) is 5.68. The van der Waals surface area contributed by atoms with E-state index in [1.165, 1.54) is 0 Å². The number of benzene rings is 1. The fourth-order valence-electron chi connectivity index (χ4n) is 2.50. The van der Waals surface area contributed by atoms with Crippen molar-refractivity contribution in [3.63, 3.8) is 0 Å². The number of anilines is 1. The molecule has 0 saturated carbocycles. The zero-order chi connectivity index (χ0) is 14.4. The van der Waals surface area contributed by atoms with Crippen LogP contribution in [0.2, 0.25) is 5.02 Å². The molecule has 0 aliphatic carbocycles. The van der Waals surface area contributed by atoms with Crippen LogP contribution >= 0.6 is 11.6 Å². The van der Waals surface area contributed by atoms with Crippen molar-refractivity contribution in [2.45, 2.75) is 25.7 Å². The van der Waals surface area contributed by atoms with Gasteiger partial charge in [0.25, 0.3) is 0 Å². The zero-order valence-corrected chi connectivity index (χ0v) is 12.5. The molecule has 0 radical (unpaired) electrons. The van der Waals surface area contributed by atoms with E-state index in [0.717, 1.165) is 32.4 Å². The standard InChI is InChI=1S/C15H21ClN2O2/c1-20-14-4-3-12(16)10-13(14)18-15(19)5-2-11-6-8-17-9-7-11/h3-4,10-11,17H,2,5-9H2,1H3,(H,18,19). The minimum Gasteiger partial charge on any atom is -0.495 e. The van der Waals surface area contributed by atoms with Gasteiger partial charge in [-0.15, -0.1) is 0 Å². The number of amides is 1. The van der Waals surface area contributed by atoms with E-state index in [9.17, 15) is 4.79 Å². The third-order valence-electron chi connectivity index (χ3n) is 3.67. The molecule has 0 unspecified atom stereocenters. The normalized spacial score (nSPS) is 15.9. The van der Waals surface area contributed by atoms with E-state index in [1.807, 2.05) is 0 Å². The van der Waals surface area contributed by atoms with Gasteiger partial charge in [-0.25, -0.2) is 0 Å². The lowest BCUT2D eigenvalue weighted by atomic mass is 9.93. The van der Waals surface area contributed by atoms with Gasteiger partial charge in [-0.2, -0.15) is 0 Å². The van der Waals surface area contributed by atoms with Gasteiger partial charge in [-0.1, -0.05) is 11.6 Å². The second kappa shape index (κ2) is 7.50. The summed E-state index contributed by atoms with van der Waals surface area (Å²) < 4.78 is 5.21. The summed E-state index contributed by atoms with van der Waals surface area (Å²) in [6, 6.07) is 5.21. The molecule has 1 aromatic rings. The first-order valence-electron chi connectivity index (χ1n) is 7.03. The Hall–Kier alpha value is -1.26. The van der Waals surface area contributed by atoms with E-state index < -0.39 is 0 Å². The molecule has 110 valence electrons. The number of hydrogen-bond donors (Lipinski definition) is 2. The van der Waals surface area contributed by atoms with Crippen LogP contribution in [0, 0.1) is 5.92 Å². The van der Waals surface area contributed by atoms with Gasteiger partial charge >= 0.3 is 0 Å². The maximum absolute atomic E-state index is 12.0. The smallest absolute Gasteiger partial charge is 0.224 e. The lowest BCUT2D eigenvalue weighted by Gasteiger charge is -2.22. The van der Waals surface area contributed by atoms with Crippen LogP contribution in [0.15, 0.2) is 18.2 Å². The lowest BCUT2D eigenvalue weighted by molar-refractivity contribution is -0.116. The van der Waals surface area contributed by atoms with E-state index in [2.05, 4.69) is 10.6 Å². The molecule has 20 heavy (non-hydrogen) atoms. The number of nitrogens with one attached hydrogen (secondary N) is 2. The zero-order valence-electron chi connectivity index (χ0n) is 11.7. The molecule has 1 amide bonds. The van der Waals surface area contributed by atoms with Crippen LogP contribution in [0.4, 0.5) is 5.69 Å². The van der Waals surface area contributed by atoms with E-state index in [4.69, 9.17) is 16.3 Å². The van der Waals surface area contributed by atoms with Gasteiger partial charge in [0.2, 0.25) is 5.91 Å². The Morgan fingerprint density at radius 3 is 2.90 bits per heavy atom. The minimum atomic E-state index is 0.0177. The molecule has 5 heteroatoms. The van der Waals surface area contributed by atoms with Crippen molar-refractivity contribution in [2.24, 2.45) is 5.92 Å². The van der Waals surface area contributed by atoms with Gasteiger partial charge in [-0.05, 0) is 56.5 Å². The summed E-state index contributed by atoms with van der Waals surface area (Å²) in [5.74, 6) is 1.30. The molecule has 4 nitrogen and oxygen atoms in total. The first-order valence-corrected chi connectivity index (χ1v) is 7.41. The SMILES string of the molecule is COc1ccc(Cl)cc1NC(=O)CCC1CCNCC1. The van der Waals surface area contributed by atoms with Crippen molar-refractivity contribution in [1.29, 1.82) is 0 Å². The average Bonchev–Trinajstić information content (AvgIpc) is 2.46. The van der Waals surface area contributed by atoms with E-state index >= 15 is 0 Å². The number of rotatable bonds is 5. The number of hydrogen-bond acceptors (Lipinski definition) is 3. The highest BCUT2D eigenvalue weighted by Crippen LogP contribution is 2.28. The second-order valence-electron chi connectivity index (χ2n) is 5.12. The number of halogens is 1. The molecule has 1 aliphatic heterocycles. The molecule has 1 heterocycles. The van der Waals surface area contributed by atoms with E-state index in [0.29, 0.717) is 28.8 Å². The third-order valence-corrected chi connectivity index (χ3v) is 3.91. The molecule has 0 aromatic heterocycles. The molecule has 2 N–H and O–H groups in total. The van der Waals surface area contributed by atoms with Crippen molar-refractivity contribution in [3.8, 4) is 5.75 Å². The summed E-state index contributed by atoms with van der Waals surface area (Å²) in [6.45, 7) is 2.13. The maximum atomic E-state index is 12.0. The molecule has 1 fully saturated rings. The van der Waals surface area contributed by atoms with Crippen molar-refractivity contribution in [2.75, 3.05) is 25.5 Å². The van der Waals surface area contributed by atoms with Crippen LogP contribution in [-0.2, 0) is 4.79 Å². The van der Waals surface area contributed by atoms with Crippen LogP contribution in [0.3, 0.4) is 0 Å². The average molecular weight is 297 g/mol. The Morgan fingerprint density at radius 1 is 1.45 bits per heavy atom. The summed E-state index contributed by atoms with van der Waals surface area (Å²) >= 11 is 5.94. The summed E-state index contributed by atoms with van der Waals surface area (Å²) in [6.07, 6.45) is 3.80. The molecule has 2 rings (SSSR count). The molecule has 0 spiro atoms. The van der Waals surface area contributed by atoms with Crippen molar-refractivity contribution in [1.82, 2.24) is 5.32 Å². The van der Waals surface area contributed by atoms with Crippen molar-refractivity contribution >= 4 is 23.2 Å². The van der Waals surface area contributed by atoms with Crippen LogP contribution in [0.1, 0.15) is 25.7 Å². The Balaban J connectivity index is 1.86. The van der Waals surface area contributed by atoms with Gasteiger partial charge < -0.3 is 15.4 Å². The highest BCUT2D eigenvalue weighted by molar-refractivity contribution is 6.31. The summed E-state index contributed by atoms with van der Waals surface area (Å²) in [4.78, 5) is 12.0. The Morgan fingerprint density at radius 2 is 2.20 bits per heavy atom. The molecule has 0 atom stereocenters. The van der Waals surface area contributed by atoms with Gasteiger partial charge in [0.05, 0.1) is 12.8 Å². The minimum absolute atomic E-state index is 0.0177. The third kappa shape index (κ3) is 4.39. The van der Waals surface area contributed by atoms with Crippen molar-refractivity contribution < 1.29 is 9.53 Å². The molecular formula is C15H21ClN2O2. The molecule has 1 aliphatic rings. The summed E-state index contributed by atoms with van der Waals surface area (Å²) in [7, 11) is 1.58. The van der Waals surface area contributed by atoms with Crippen LogP contribution in [0.25, 0.3) is 0 Å². The van der Waals surface area contributed by atoms with Crippen LogP contribution < -0.4 is 15.4 Å². The largest absolute Gasteiger partial charge is 0.495 e. The second-order valence-corrected chi connectivity index (χ2v) is 5.56. The summed E-state index contributed by atoms with van der Waals surface area (Å²) in [5, 5.41) is 6.79. The predicted octanol–water partition coefficient (Wildman–Crippen LogP) is 3.07. The number of carbonyl (C=O) groups excluding carboxylic acids is 1. The lowest BCUT2D eigenvalue weighted by Crippen LogP contribution is -2.28. The Bertz CT molecular complexity index is 459. The number of methoxy groups -OCH3 is 1. The van der Waals surface area contributed by atoms with Crippen LogP contribution in [-0.4, -0.2) is 26.1 Å². The van der Waals surface area contributed by atoms with E-state index in [1.54, 1.807) is 25.3 Å². The molecule has 1 saturated heterocycles. The van der Waals surface area contributed by atoms with Gasteiger partial charge in [0.15, 0.2) is 0 Å². The monoisotopic (exact) mass is 296 g/mol. The molecular weight excluding hydrogens is 276 g/mol.